The summed E-state index contributed by atoms with van der Waals surface area (Å²) in [7, 11) is 0. The Morgan fingerprint density at radius 2 is 0.926 bits per heavy atom. The fraction of sp³-hybridized carbons (Fsp3) is 0.167. The Hall–Kier alpha value is -5.65. The zero-order chi connectivity index (χ0) is 37.9. The molecule has 0 saturated heterocycles. The van der Waals surface area contributed by atoms with Gasteiger partial charge in [0, 0.05) is 21.7 Å². The maximum absolute atomic E-state index is 16.3. The summed E-state index contributed by atoms with van der Waals surface area (Å²) in [6.07, 6.45) is 0. The molecular formula is C48H41ClF2N2O. The summed E-state index contributed by atoms with van der Waals surface area (Å²) in [5, 5.41) is 4.12. The van der Waals surface area contributed by atoms with Gasteiger partial charge in [-0.1, -0.05) is 144 Å². The molecule has 1 heterocycles. The highest BCUT2D eigenvalue weighted by molar-refractivity contribution is 6.37. The molecule has 0 spiro atoms. The molecule has 0 amide bonds. The van der Waals surface area contributed by atoms with E-state index in [2.05, 4.69) is 59.7 Å². The Labute approximate surface area is 320 Å². The van der Waals surface area contributed by atoms with Gasteiger partial charge in [0.1, 0.15) is 17.2 Å². The van der Waals surface area contributed by atoms with Crippen molar-refractivity contribution in [2.75, 3.05) is 9.80 Å². The largest absolute Gasteiger partial charge is 0.454 e. The normalized spacial score (nSPS) is 12.2. The summed E-state index contributed by atoms with van der Waals surface area (Å²) in [5.74, 6) is -0.836. The van der Waals surface area contributed by atoms with Gasteiger partial charge in [-0.15, -0.1) is 0 Å². The molecule has 0 unspecified atom stereocenters. The van der Waals surface area contributed by atoms with Crippen LogP contribution in [-0.2, 0) is 10.8 Å². The second-order valence-electron chi connectivity index (χ2n) is 15.8. The van der Waals surface area contributed by atoms with E-state index in [9.17, 15) is 0 Å². The van der Waals surface area contributed by atoms with E-state index >= 15 is 8.78 Å². The molecule has 1 aromatic heterocycles. The Bertz CT molecular complexity index is 2700. The van der Waals surface area contributed by atoms with Crippen LogP contribution < -0.4 is 9.80 Å². The molecule has 8 rings (SSSR count). The second-order valence-corrected chi connectivity index (χ2v) is 16.2. The first-order valence-electron chi connectivity index (χ1n) is 18.2. The number of benzene rings is 7. The van der Waals surface area contributed by atoms with Crippen molar-refractivity contribution in [1.82, 2.24) is 0 Å². The van der Waals surface area contributed by atoms with Gasteiger partial charge < -0.3 is 14.2 Å². The molecule has 270 valence electrons. The summed E-state index contributed by atoms with van der Waals surface area (Å²) in [6.45, 7) is 12.9. The average Bonchev–Trinajstić information content (AvgIpc) is 3.53. The number of para-hydroxylation sites is 4. The van der Waals surface area contributed by atoms with Crippen LogP contribution >= 0.6 is 11.6 Å². The molecular weight excluding hydrogens is 694 g/mol. The minimum atomic E-state index is -0.431. The van der Waals surface area contributed by atoms with Gasteiger partial charge in [-0.05, 0) is 70.3 Å². The molecule has 0 aliphatic heterocycles. The summed E-state index contributed by atoms with van der Waals surface area (Å²) >= 11 is 7.73. The van der Waals surface area contributed by atoms with Crippen molar-refractivity contribution < 1.29 is 13.2 Å². The first-order valence-corrected chi connectivity index (χ1v) is 18.6. The molecule has 54 heavy (non-hydrogen) atoms. The van der Waals surface area contributed by atoms with Gasteiger partial charge in [0.15, 0.2) is 5.58 Å². The lowest BCUT2D eigenvalue weighted by molar-refractivity contribution is 0.573. The lowest BCUT2D eigenvalue weighted by Gasteiger charge is -2.34. The van der Waals surface area contributed by atoms with Crippen molar-refractivity contribution in [2.24, 2.45) is 0 Å². The number of fused-ring (bicyclic) bond motifs is 4. The lowest BCUT2D eigenvalue weighted by atomic mass is 9.86. The first-order chi connectivity index (χ1) is 25.8. The number of rotatable bonds is 6. The monoisotopic (exact) mass is 734 g/mol. The van der Waals surface area contributed by atoms with Crippen LogP contribution in [0.2, 0.25) is 5.02 Å². The third kappa shape index (κ3) is 6.07. The Morgan fingerprint density at radius 3 is 1.54 bits per heavy atom. The minimum Gasteiger partial charge on any atom is -0.454 e. The number of hydrogen-bond acceptors (Lipinski definition) is 3. The van der Waals surface area contributed by atoms with Crippen LogP contribution in [0.1, 0.15) is 52.7 Å². The van der Waals surface area contributed by atoms with Gasteiger partial charge in [-0.25, -0.2) is 8.78 Å². The SMILES string of the molecule is CC(C)(C)c1cc(N(c2ccccc2F)c2cccc3ccccc23)c(Cl)c(N(c2ccccc2F)c2cccc3c2oc2c(C(C)(C)C)cccc23)c1. The maximum atomic E-state index is 16.3. The minimum absolute atomic E-state index is 0.185. The van der Waals surface area contributed by atoms with Crippen molar-refractivity contribution in [3.8, 4) is 0 Å². The number of halogens is 3. The number of hydrogen-bond donors (Lipinski definition) is 0. The van der Waals surface area contributed by atoms with Crippen LogP contribution in [-0.4, -0.2) is 0 Å². The third-order valence-electron chi connectivity index (χ3n) is 10.1. The van der Waals surface area contributed by atoms with Crippen molar-refractivity contribution in [2.45, 2.75) is 52.4 Å². The zero-order valence-electron chi connectivity index (χ0n) is 31.2. The summed E-state index contributed by atoms with van der Waals surface area (Å²) in [6, 6.07) is 43.6. The average molecular weight is 735 g/mol. The van der Waals surface area contributed by atoms with Crippen molar-refractivity contribution in [3.05, 3.63) is 167 Å². The molecule has 0 saturated carbocycles. The molecule has 0 bridgehead atoms. The quantitative estimate of drug-likeness (QED) is 0.170. The standard InChI is InChI=1S/C48H41ClF2N2O/c1-47(2,3)31-28-42(52(39-24-11-9-22-36(39)50)38-26-13-17-30-16-7-8-18-32(30)38)44(49)43(29-31)53(40-25-12-10-23-37(40)51)41-27-15-20-34-33-19-14-21-35(48(4,5)6)45(33)54-46(34)41/h7-29H,1-6H3. The molecule has 7 aromatic carbocycles. The summed E-state index contributed by atoms with van der Waals surface area (Å²) < 4.78 is 39.4. The van der Waals surface area contributed by atoms with Crippen LogP contribution in [0.15, 0.2) is 144 Å². The Kier molecular flexibility index (Phi) is 8.74. The summed E-state index contributed by atoms with van der Waals surface area (Å²) in [5.41, 5.74) is 5.89. The molecule has 0 N–H and O–H groups in total. The van der Waals surface area contributed by atoms with E-state index in [0.29, 0.717) is 39.0 Å². The van der Waals surface area contributed by atoms with Crippen LogP contribution in [0, 0.1) is 11.6 Å². The van der Waals surface area contributed by atoms with E-state index in [0.717, 1.165) is 43.9 Å². The van der Waals surface area contributed by atoms with Crippen LogP contribution in [0.5, 0.6) is 0 Å². The van der Waals surface area contributed by atoms with Crippen molar-refractivity contribution >= 4 is 78.4 Å². The highest BCUT2D eigenvalue weighted by Crippen LogP contribution is 2.52. The predicted octanol–water partition coefficient (Wildman–Crippen LogP) is 15.2. The second kappa shape index (κ2) is 13.3. The predicted molar refractivity (Wildman–Crippen MR) is 223 cm³/mol. The fourth-order valence-corrected chi connectivity index (χ4v) is 7.65. The first kappa shape index (κ1) is 35.4. The van der Waals surface area contributed by atoms with Gasteiger partial charge in [-0.3, -0.25) is 0 Å². The number of nitrogens with zero attached hydrogens (tertiary/aromatic N) is 2. The van der Waals surface area contributed by atoms with E-state index in [1.807, 2.05) is 94.7 Å². The van der Waals surface area contributed by atoms with Crippen molar-refractivity contribution in [1.29, 1.82) is 0 Å². The Balaban J connectivity index is 1.49. The number of anilines is 6. The molecule has 3 nitrogen and oxygen atoms in total. The zero-order valence-corrected chi connectivity index (χ0v) is 32.0. The maximum Gasteiger partial charge on any atom is 0.159 e. The van der Waals surface area contributed by atoms with Crippen LogP contribution in [0.25, 0.3) is 32.7 Å². The van der Waals surface area contributed by atoms with E-state index in [4.69, 9.17) is 16.0 Å². The molecule has 6 heteroatoms. The Morgan fingerprint density at radius 1 is 0.463 bits per heavy atom. The lowest BCUT2D eigenvalue weighted by Crippen LogP contribution is -2.19. The molecule has 0 radical (unpaired) electrons. The van der Waals surface area contributed by atoms with Gasteiger partial charge >= 0.3 is 0 Å². The van der Waals surface area contributed by atoms with Gasteiger partial charge in [0.2, 0.25) is 0 Å². The van der Waals surface area contributed by atoms with E-state index in [1.54, 1.807) is 24.3 Å². The van der Waals surface area contributed by atoms with Gasteiger partial charge in [-0.2, -0.15) is 0 Å². The van der Waals surface area contributed by atoms with E-state index < -0.39 is 11.6 Å². The van der Waals surface area contributed by atoms with Gasteiger partial charge in [0.25, 0.3) is 0 Å². The molecule has 0 aliphatic carbocycles. The van der Waals surface area contributed by atoms with E-state index in [1.165, 1.54) is 12.1 Å². The molecule has 0 aliphatic rings. The van der Waals surface area contributed by atoms with Crippen molar-refractivity contribution in [3.63, 3.8) is 0 Å². The topological polar surface area (TPSA) is 19.6 Å². The highest BCUT2D eigenvalue weighted by atomic mass is 35.5. The number of furan rings is 1. The fourth-order valence-electron chi connectivity index (χ4n) is 7.37. The highest BCUT2D eigenvalue weighted by Gasteiger charge is 2.31. The molecule has 8 aromatic rings. The smallest absolute Gasteiger partial charge is 0.159 e. The molecule has 0 atom stereocenters. The molecule has 0 fully saturated rings. The van der Waals surface area contributed by atoms with Crippen LogP contribution in [0.3, 0.4) is 0 Å². The van der Waals surface area contributed by atoms with Gasteiger partial charge in [0.05, 0.1) is 39.1 Å². The van der Waals surface area contributed by atoms with E-state index in [-0.39, 0.29) is 10.8 Å². The van der Waals surface area contributed by atoms with Crippen LogP contribution in [0.4, 0.5) is 42.9 Å². The summed E-state index contributed by atoms with van der Waals surface area (Å²) in [4.78, 5) is 3.73. The third-order valence-corrected chi connectivity index (χ3v) is 10.5.